The lowest BCUT2D eigenvalue weighted by Gasteiger charge is -2.03. The Bertz CT molecular complexity index is 1180. The van der Waals surface area contributed by atoms with Crippen molar-refractivity contribution in [3.8, 4) is 10.7 Å². The second kappa shape index (κ2) is 8.76. The minimum atomic E-state index is -0.458. The van der Waals surface area contributed by atoms with Crippen LogP contribution in [-0.4, -0.2) is 43.2 Å². The predicted octanol–water partition coefficient (Wildman–Crippen LogP) is 3.93. The highest BCUT2D eigenvalue weighted by Gasteiger charge is 2.24. The van der Waals surface area contributed by atoms with Crippen molar-refractivity contribution in [3.05, 3.63) is 45.6 Å². The number of amides is 1. The molecule has 0 aliphatic heterocycles. The van der Waals surface area contributed by atoms with E-state index in [-0.39, 0.29) is 6.61 Å². The van der Waals surface area contributed by atoms with Crippen LogP contribution < -0.4 is 5.32 Å². The summed E-state index contributed by atoms with van der Waals surface area (Å²) in [6.07, 6.45) is 1.73. The molecule has 0 unspecified atom stereocenters. The van der Waals surface area contributed by atoms with Gasteiger partial charge in [0.05, 0.1) is 22.7 Å². The summed E-state index contributed by atoms with van der Waals surface area (Å²) >= 11 is 6.55. The number of anilines is 1. The number of esters is 1. The van der Waals surface area contributed by atoms with Crippen LogP contribution in [0.15, 0.2) is 12.7 Å². The standard InChI is InChI=1S/C19H22N6O3S2/c1-6-8-25-15(23-24-19(25)29)14-11(5)21-18(30-14)22-16(26)13-9(3)12(10(4)20-13)17(27)28-7-2/h6,20H,1,7-8H2,2-5H3,(H,24,29)(H,21,22,26). The number of aromatic nitrogens is 5. The molecule has 0 spiro atoms. The first-order valence-corrected chi connectivity index (χ1v) is 10.4. The zero-order valence-electron chi connectivity index (χ0n) is 17.1. The molecule has 0 aliphatic rings. The number of nitrogens with one attached hydrogen (secondary N) is 3. The van der Waals surface area contributed by atoms with Gasteiger partial charge in [-0.3, -0.25) is 19.8 Å². The minimum absolute atomic E-state index is 0.261. The molecule has 3 N–H and O–H groups in total. The Morgan fingerprint density at radius 2 is 2.10 bits per heavy atom. The largest absolute Gasteiger partial charge is 0.462 e. The summed E-state index contributed by atoms with van der Waals surface area (Å²) in [5.41, 5.74) is 2.48. The van der Waals surface area contributed by atoms with E-state index in [2.05, 4.69) is 32.1 Å². The average molecular weight is 447 g/mol. The van der Waals surface area contributed by atoms with Crippen LogP contribution in [0.1, 0.15) is 44.7 Å². The fraction of sp³-hybridized carbons (Fsp3) is 0.316. The normalized spacial score (nSPS) is 10.8. The maximum atomic E-state index is 12.8. The smallest absolute Gasteiger partial charge is 0.340 e. The molecule has 0 saturated heterocycles. The minimum Gasteiger partial charge on any atom is -0.462 e. The summed E-state index contributed by atoms with van der Waals surface area (Å²) in [7, 11) is 0. The molecule has 158 valence electrons. The molecule has 0 radical (unpaired) electrons. The lowest BCUT2D eigenvalue weighted by atomic mass is 10.1. The van der Waals surface area contributed by atoms with E-state index in [4.69, 9.17) is 17.0 Å². The van der Waals surface area contributed by atoms with Crippen molar-refractivity contribution < 1.29 is 14.3 Å². The molecular formula is C19H22N6O3S2. The highest BCUT2D eigenvalue weighted by Crippen LogP contribution is 2.32. The van der Waals surface area contributed by atoms with Gasteiger partial charge in [-0.05, 0) is 45.5 Å². The number of H-pyrrole nitrogens is 2. The first-order chi connectivity index (χ1) is 14.3. The van der Waals surface area contributed by atoms with E-state index < -0.39 is 11.9 Å². The third-order valence-electron chi connectivity index (χ3n) is 4.43. The molecule has 3 rings (SSSR count). The van der Waals surface area contributed by atoms with Gasteiger partial charge < -0.3 is 9.72 Å². The van der Waals surface area contributed by atoms with Crippen LogP contribution in [0.2, 0.25) is 0 Å². The first kappa shape index (κ1) is 21.7. The van der Waals surface area contributed by atoms with Crippen molar-refractivity contribution in [3.63, 3.8) is 0 Å². The van der Waals surface area contributed by atoms with Gasteiger partial charge in [0.1, 0.15) is 5.69 Å². The number of carbonyl (C=O) groups excluding carboxylic acids is 2. The van der Waals surface area contributed by atoms with Crippen LogP contribution in [-0.2, 0) is 11.3 Å². The molecule has 9 nitrogen and oxygen atoms in total. The first-order valence-electron chi connectivity index (χ1n) is 9.19. The molecule has 3 aromatic rings. The van der Waals surface area contributed by atoms with E-state index in [1.807, 2.05) is 6.92 Å². The average Bonchev–Trinajstić information content (AvgIpc) is 3.31. The van der Waals surface area contributed by atoms with E-state index >= 15 is 0 Å². The summed E-state index contributed by atoms with van der Waals surface area (Å²) in [6.45, 7) is 11.5. The second-order valence-electron chi connectivity index (χ2n) is 6.48. The van der Waals surface area contributed by atoms with Crippen molar-refractivity contribution in [2.24, 2.45) is 0 Å². The molecular weight excluding hydrogens is 424 g/mol. The maximum Gasteiger partial charge on any atom is 0.340 e. The molecule has 1 amide bonds. The molecule has 0 aliphatic carbocycles. The van der Waals surface area contributed by atoms with Crippen LogP contribution in [0.5, 0.6) is 0 Å². The van der Waals surface area contributed by atoms with Crippen LogP contribution in [0.4, 0.5) is 5.13 Å². The van der Waals surface area contributed by atoms with Gasteiger partial charge in [0.25, 0.3) is 5.91 Å². The quantitative estimate of drug-likeness (QED) is 0.287. The molecule has 30 heavy (non-hydrogen) atoms. The number of aryl methyl sites for hydroxylation is 2. The molecule has 11 heteroatoms. The molecule has 0 bridgehead atoms. The van der Waals surface area contributed by atoms with E-state index in [9.17, 15) is 9.59 Å². The molecule has 3 aromatic heterocycles. The van der Waals surface area contributed by atoms with Crippen LogP contribution in [0, 0.1) is 25.5 Å². The van der Waals surface area contributed by atoms with Gasteiger partial charge in [0.2, 0.25) is 0 Å². The van der Waals surface area contributed by atoms with Gasteiger partial charge in [-0.15, -0.1) is 6.58 Å². The number of aromatic amines is 2. The second-order valence-corrected chi connectivity index (χ2v) is 7.87. The Hall–Kier alpha value is -3.05. The summed E-state index contributed by atoms with van der Waals surface area (Å²) in [6, 6.07) is 0. The SMILES string of the molecule is C=CCn1c(-c2sc(NC(=O)c3[nH]c(C)c(C(=O)OCC)c3C)nc2C)n[nH]c1=S. The summed E-state index contributed by atoms with van der Waals surface area (Å²) in [5.74, 6) is -0.219. The Morgan fingerprint density at radius 1 is 1.37 bits per heavy atom. The molecule has 0 atom stereocenters. The number of rotatable bonds is 7. The van der Waals surface area contributed by atoms with Gasteiger partial charge in [-0.2, -0.15) is 5.10 Å². The molecule has 0 fully saturated rings. The van der Waals surface area contributed by atoms with E-state index in [1.54, 1.807) is 31.4 Å². The van der Waals surface area contributed by atoms with Gasteiger partial charge in [-0.1, -0.05) is 17.4 Å². The van der Waals surface area contributed by atoms with Gasteiger partial charge in [0, 0.05) is 12.2 Å². The van der Waals surface area contributed by atoms with Crippen LogP contribution in [0.25, 0.3) is 10.7 Å². The zero-order valence-corrected chi connectivity index (χ0v) is 18.7. The topological polar surface area (TPSA) is 118 Å². The lowest BCUT2D eigenvalue weighted by molar-refractivity contribution is 0.0525. The van der Waals surface area contributed by atoms with Crippen molar-refractivity contribution in [1.29, 1.82) is 0 Å². The van der Waals surface area contributed by atoms with Crippen LogP contribution >= 0.6 is 23.6 Å². The fourth-order valence-corrected chi connectivity index (χ4v) is 4.26. The Balaban J connectivity index is 1.89. The maximum absolute atomic E-state index is 12.8. The van der Waals surface area contributed by atoms with Crippen molar-refractivity contribution in [1.82, 2.24) is 24.7 Å². The third-order valence-corrected chi connectivity index (χ3v) is 5.81. The highest BCUT2D eigenvalue weighted by molar-refractivity contribution is 7.71. The highest BCUT2D eigenvalue weighted by atomic mass is 32.1. The van der Waals surface area contributed by atoms with Crippen molar-refractivity contribution in [2.45, 2.75) is 34.2 Å². The number of allylic oxidation sites excluding steroid dienone is 1. The van der Waals surface area contributed by atoms with Gasteiger partial charge in [-0.25, -0.2) is 9.78 Å². The molecule has 0 saturated carbocycles. The number of hydrogen-bond acceptors (Lipinski definition) is 7. The van der Waals surface area contributed by atoms with Gasteiger partial charge in [0.15, 0.2) is 15.7 Å². The molecule has 0 aromatic carbocycles. The predicted molar refractivity (Wildman–Crippen MR) is 118 cm³/mol. The van der Waals surface area contributed by atoms with Crippen molar-refractivity contribution in [2.75, 3.05) is 11.9 Å². The van der Waals surface area contributed by atoms with E-state index in [0.717, 1.165) is 4.88 Å². The summed E-state index contributed by atoms with van der Waals surface area (Å²) in [4.78, 5) is 33.2. The Morgan fingerprint density at radius 3 is 2.77 bits per heavy atom. The third kappa shape index (κ3) is 3.98. The number of thiazole rings is 1. The number of hydrogen-bond donors (Lipinski definition) is 3. The zero-order chi connectivity index (χ0) is 22.0. The van der Waals surface area contributed by atoms with Gasteiger partial charge >= 0.3 is 5.97 Å². The monoisotopic (exact) mass is 446 g/mol. The summed E-state index contributed by atoms with van der Waals surface area (Å²) < 4.78 is 7.36. The van der Waals surface area contributed by atoms with E-state index in [0.29, 0.717) is 50.5 Å². The Kier molecular flexibility index (Phi) is 6.32. The fourth-order valence-electron chi connectivity index (χ4n) is 3.09. The number of ether oxygens (including phenoxy) is 1. The summed E-state index contributed by atoms with van der Waals surface area (Å²) in [5, 5.41) is 10.3. The lowest BCUT2D eigenvalue weighted by Crippen LogP contribution is -2.14. The van der Waals surface area contributed by atoms with Crippen molar-refractivity contribution >= 4 is 40.6 Å². The Labute approximate surface area is 182 Å². The number of carbonyl (C=O) groups is 2. The van der Waals surface area contributed by atoms with E-state index in [1.165, 1.54) is 11.3 Å². The molecule has 3 heterocycles. The van der Waals surface area contributed by atoms with Crippen LogP contribution in [0.3, 0.4) is 0 Å². The number of nitrogens with zero attached hydrogens (tertiary/aromatic N) is 3.